The summed E-state index contributed by atoms with van der Waals surface area (Å²) < 4.78 is 38.0. The van der Waals surface area contributed by atoms with E-state index in [-0.39, 0.29) is 27.4 Å². The van der Waals surface area contributed by atoms with Gasteiger partial charge in [-0.2, -0.15) is 13.2 Å². The zero-order chi connectivity index (χ0) is 16.7. The summed E-state index contributed by atoms with van der Waals surface area (Å²) in [4.78, 5) is 35.9. The predicted molar refractivity (Wildman–Crippen MR) is 73.1 cm³/mol. The number of carbonyl (C=O) groups excluding carboxylic acids is 1. The maximum atomic E-state index is 12.5. The van der Waals surface area contributed by atoms with E-state index in [9.17, 15) is 27.6 Å². The Bertz CT molecular complexity index is 840. The molecule has 0 radical (unpaired) electrons. The van der Waals surface area contributed by atoms with Crippen LogP contribution in [0.15, 0.2) is 27.8 Å². The lowest BCUT2D eigenvalue weighted by molar-refractivity contribution is -0.141. The van der Waals surface area contributed by atoms with Gasteiger partial charge in [0.15, 0.2) is 6.29 Å². The Kier molecular flexibility index (Phi) is 4.17. The first-order valence-electron chi connectivity index (χ1n) is 5.53. The molecule has 0 bridgehead atoms. The second-order valence-electron chi connectivity index (χ2n) is 4.10. The van der Waals surface area contributed by atoms with Crippen molar-refractivity contribution in [3.8, 4) is 5.69 Å². The minimum absolute atomic E-state index is 0.0276. The van der Waals surface area contributed by atoms with Gasteiger partial charge < -0.3 is 4.98 Å². The molecule has 1 N–H and O–H groups in total. The molecule has 1 aromatic carbocycles. The standard InChI is InChI=1S/C12H5Cl2F3N2O3/c13-6-2-7(14)8(1-5(6)4-20)19-10(21)3-9(12(15,16)17)18-11(19)22/h1-4H,(H,18,22). The summed E-state index contributed by atoms with van der Waals surface area (Å²) in [5.41, 5.74) is -4.42. The molecule has 1 aromatic heterocycles. The van der Waals surface area contributed by atoms with Crippen molar-refractivity contribution in [2.24, 2.45) is 0 Å². The highest BCUT2D eigenvalue weighted by Gasteiger charge is 2.33. The molecule has 2 aromatic rings. The van der Waals surface area contributed by atoms with E-state index in [2.05, 4.69) is 0 Å². The molecule has 0 fully saturated rings. The van der Waals surface area contributed by atoms with E-state index in [1.165, 1.54) is 4.98 Å². The summed E-state index contributed by atoms with van der Waals surface area (Å²) in [6.45, 7) is 0. The molecule has 116 valence electrons. The number of H-pyrrole nitrogens is 1. The van der Waals surface area contributed by atoms with Crippen LogP contribution < -0.4 is 11.2 Å². The SMILES string of the molecule is O=Cc1cc(-n2c(=O)cc(C(F)(F)F)[nH]c2=O)c(Cl)cc1Cl. The van der Waals surface area contributed by atoms with Crippen molar-refractivity contribution in [3.63, 3.8) is 0 Å². The van der Waals surface area contributed by atoms with Crippen LogP contribution in [0.5, 0.6) is 0 Å². The lowest BCUT2D eigenvalue weighted by Gasteiger charge is -2.11. The van der Waals surface area contributed by atoms with Crippen LogP contribution in [0.4, 0.5) is 13.2 Å². The van der Waals surface area contributed by atoms with Gasteiger partial charge in [-0.1, -0.05) is 23.2 Å². The maximum Gasteiger partial charge on any atom is 0.431 e. The highest BCUT2D eigenvalue weighted by Crippen LogP contribution is 2.27. The number of nitrogens with zero attached hydrogens (tertiary/aromatic N) is 1. The van der Waals surface area contributed by atoms with Gasteiger partial charge >= 0.3 is 11.9 Å². The van der Waals surface area contributed by atoms with E-state index in [1.807, 2.05) is 0 Å². The number of carbonyl (C=O) groups is 1. The van der Waals surface area contributed by atoms with Gasteiger partial charge in [-0.15, -0.1) is 0 Å². The molecule has 0 aliphatic heterocycles. The Hall–Kier alpha value is -2.06. The number of benzene rings is 1. The molecule has 0 unspecified atom stereocenters. The normalized spacial score (nSPS) is 11.5. The van der Waals surface area contributed by atoms with E-state index in [0.717, 1.165) is 12.1 Å². The molecular formula is C12H5Cl2F3N2O3. The fourth-order valence-corrected chi connectivity index (χ4v) is 2.20. The molecule has 0 amide bonds. The molecule has 0 saturated heterocycles. The van der Waals surface area contributed by atoms with Gasteiger partial charge in [-0.05, 0) is 12.1 Å². The van der Waals surface area contributed by atoms with E-state index in [0.29, 0.717) is 10.9 Å². The van der Waals surface area contributed by atoms with Gasteiger partial charge in [-0.25, -0.2) is 9.36 Å². The minimum Gasteiger partial charge on any atom is -0.303 e. The largest absolute Gasteiger partial charge is 0.431 e. The van der Waals surface area contributed by atoms with E-state index >= 15 is 0 Å². The number of aromatic amines is 1. The van der Waals surface area contributed by atoms with Crippen molar-refractivity contribution in [1.29, 1.82) is 0 Å². The van der Waals surface area contributed by atoms with Crippen molar-refractivity contribution >= 4 is 29.5 Å². The predicted octanol–water partition coefficient (Wildman–Crippen LogP) is 2.66. The zero-order valence-corrected chi connectivity index (χ0v) is 11.9. The first-order valence-corrected chi connectivity index (χ1v) is 6.29. The van der Waals surface area contributed by atoms with E-state index in [1.54, 1.807) is 0 Å². The third kappa shape index (κ3) is 2.93. The molecule has 22 heavy (non-hydrogen) atoms. The van der Waals surface area contributed by atoms with E-state index < -0.39 is 23.1 Å². The van der Waals surface area contributed by atoms with Crippen LogP contribution in [-0.4, -0.2) is 15.8 Å². The van der Waals surface area contributed by atoms with Crippen LogP contribution in [0.1, 0.15) is 16.1 Å². The van der Waals surface area contributed by atoms with Crippen LogP contribution in [0.3, 0.4) is 0 Å². The number of aldehydes is 1. The Morgan fingerprint density at radius 1 is 1.09 bits per heavy atom. The molecule has 0 aliphatic rings. The van der Waals surface area contributed by atoms with Crippen LogP contribution in [0.2, 0.25) is 10.0 Å². The second kappa shape index (κ2) is 5.62. The summed E-state index contributed by atoms with van der Waals surface area (Å²) in [6, 6.07) is 2.35. The fraction of sp³-hybridized carbons (Fsp3) is 0.0833. The lowest BCUT2D eigenvalue weighted by atomic mass is 10.2. The van der Waals surface area contributed by atoms with Crippen LogP contribution in [0.25, 0.3) is 5.69 Å². The number of aromatic nitrogens is 2. The summed E-state index contributed by atoms with van der Waals surface area (Å²) in [5.74, 6) is 0. The van der Waals surface area contributed by atoms with Crippen LogP contribution >= 0.6 is 23.2 Å². The molecule has 0 atom stereocenters. The number of rotatable bonds is 2. The summed E-state index contributed by atoms with van der Waals surface area (Å²) in [6.07, 6.45) is -4.53. The smallest absolute Gasteiger partial charge is 0.303 e. The van der Waals surface area contributed by atoms with E-state index in [4.69, 9.17) is 23.2 Å². The van der Waals surface area contributed by atoms with Crippen molar-refractivity contribution in [2.45, 2.75) is 6.18 Å². The highest BCUT2D eigenvalue weighted by atomic mass is 35.5. The van der Waals surface area contributed by atoms with Gasteiger partial charge in [0.05, 0.1) is 15.7 Å². The van der Waals surface area contributed by atoms with Crippen molar-refractivity contribution in [1.82, 2.24) is 9.55 Å². The fourth-order valence-electron chi connectivity index (χ4n) is 1.69. The minimum atomic E-state index is -4.88. The Morgan fingerprint density at radius 3 is 2.23 bits per heavy atom. The van der Waals surface area contributed by atoms with Gasteiger partial charge in [0.1, 0.15) is 5.69 Å². The molecule has 0 aliphatic carbocycles. The number of nitrogens with one attached hydrogen (secondary N) is 1. The Morgan fingerprint density at radius 2 is 1.73 bits per heavy atom. The first kappa shape index (κ1) is 16.3. The first-order chi connectivity index (χ1) is 10.1. The number of hydrogen-bond donors (Lipinski definition) is 1. The van der Waals surface area contributed by atoms with Crippen molar-refractivity contribution < 1.29 is 18.0 Å². The van der Waals surface area contributed by atoms with Gasteiger partial charge in [0.25, 0.3) is 5.56 Å². The average Bonchev–Trinajstić information content (AvgIpc) is 2.39. The third-order valence-electron chi connectivity index (χ3n) is 2.67. The molecule has 0 spiro atoms. The van der Waals surface area contributed by atoms with Crippen molar-refractivity contribution in [3.05, 3.63) is 60.3 Å². The molecule has 0 saturated carbocycles. The molecule has 2 rings (SSSR count). The second-order valence-corrected chi connectivity index (χ2v) is 4.92. The summed E-state index contributed by atoms with van der Waals surface area (Å²) in [7, 11) is 0. The van der Waals surface area contributed by atoms with Crippen molar-refractivity contribution in [2.75, 3.05) is 0 Å². The Balaban J connectivity index is 2.77. The quantitative estimate of drug-likeness (QED) is 0.844. The van der Waals surface area contributed by atoms with Crippen LogP contribution in [-0.2, 0) is 6.18 Å². The maximum absolute atomic E-state index is 12.5. The van der Waals surface area contributed by atoms with Crippen LogP contribution in [0, 0.1) is 0 Å². The van der Waals surface area contributed by atoms with Gasteiger partial charge in [-0.3, -0.25) is 9.59 Å². The van der Waals surface area contributed by atoms with Gasteiger partial charge in [0, 0.05) is 11.6 Å². The highest BCUT2D eigenvalue weighted by molar-refractivity contribution is 6.37. The lowest BCUT2D eigenvalue weighted by Crippen LogP contribution is -2.36. The Labute approximate surface area is 129 Å². The monoisotopic (exact) mass is 352 g/mol. The average molecular weight is 353 g/mol. The molecular weight excluding hydrogens is 348 g/mol. The zero-order valence-electron chi connectivity index (χ0n) is 10.4. The molecule has 5 nitrogen and oxygen atoms in total. The number of halogens is 5. The summed E-state index contributed by atoms with van der Waals surface area (Å²) >= 11 is 11.5. The number of alkyl halides is 3. The number of hydrogen-bond acceptors (Lipinski definition) is 3. The molecule has 10 heteroatoms. The topological polar surface area (TPSA) is 71.9 Å². The van der Waals surface area contributed by atoms with Gasteiger partial charge in [0.2, 0.25) is 0 Å². The molecule has 1 heterocycles. The summed E-state index contributed by atoms with van der Waals surface area (Å²) in [5, 5.41) is -0.205. The third-order valence-corrected chi connectivity index (χ3v) is 3.30.